The first-order chi connectivity index (χ1) is 8.45. The number of nitrogens with one attached hydrogen (secondary N) is 1. The number of fused-ring (bicyclic) bond motifs is 1. The number of hydrogen-bond donors (Lipinski definition) is 1. The smallest absolute Gasteiger partial charge is 0.228 e. The summed E-state index contributed by atoms with van der Waals surface area (Å²) in [6.07, 6.45) is 0. The zero-order valence-corrected chi connectivity index (χ0v) is 11.1. The Morgan fingerprint density at radius 2 is 2.17 bits per heavy atom. The van der Waals surface area contributed by atoms with Crippen molar-refractivity contribution >= 4 is 21.4 Å². The molecule has 1 aromatic rings. The zero-order chi connectivity index (χ0) is 13.3. The molecule has 1 heterocycles. The van der Waals surface area contributed by atoms with Crippen LogP contribution in [0, 0.1) is 5.92 Å². The molecule has 1 atom stereocenters. The lowest BCUT2D eigenvalue weighted by Gasteiger charge is -2.12. The minimum atomic E-state index is -3.46. The van der Waals surface area contributed by atoms with Gasteiger partial charge in [0, 0.05) is 5.92 Å². The number of sulfone groups is 1. The van der Waals surface area contributed by atoms with Crippen LogP contribution in [-0.2, 0) is 14.6 Å². The third-order valence-electron chi connectivity index (χ3n) is 2.79. The lowest BCUT2D eigenvalue weighted by atomic mass is 10.2. The van der Waals surface area contributed by atoms with Crippen LogP contribution < -0.4 is 10.1 Å². The Labute approximate surface area is 106 Å². The van der Waals surface area contributed by atoms with Crippen molar-refractivity contribution in [3.63, 3.8) is 0 Å². The molecule has 1 aliphatic heterocycles. The van der Waals surface area contributed by atoms with Gasteiger partial charge in [-0.1, -0.05) is 13.0 Å². The Hall–Kier alpha value is -1.56. The highest BCUT2D eigenvalue weighted by Gasteiger charge is 2.31. The van der Waals surface area contributed by atoms with E-state index < -0.39 is 15.8 Å². The molecule has 1 unspecified atom stereocenters. The molecule has 0 saturated carbocycles. The summed E-state index contributed by atoms with van der Waals surface area (Å²) in [6.45, 7) is 3.80. The molecule has 0 fully saturated rings. The summed E-state index contributed by atoms with van der Waals surface area (Å²) in [7, 11) is -3.46. The molecule has 98 valence electrons. The van der Waals surface area contributed by atoms with Crippen LogP contribution in [0.4, 0.5) is 5.69 Å². The number of hydrogen-bond acceptors (Lipinski definition) is 4. The number of para-hydroxylation sites is 1. The highest BCUT2D eigenvalue weighted by molar-refractivity contribution is 7.91. The second-order valence-corrected chi connectivity index (χ2v) is 6.24. The van der Waals surface area contributed by atoms with Crippen molar-refractivity contribution in [3.8, 4) is 5.75 Å². The summed E-state index contributed by atoms with van der Waals surface area (Å²) in [5.41, 5.74) is 0.258. The van der Waals surface area contributed by atoms with E-state index in [-0.39, 0.29) is 22.2 Å². The average Bonchev–Trinajstić information content (AvgIpc) is 2.38. The summed E-state index contributed by atoms with van der Waals surface area (Å²) in [4.78, 5) is 11.9. The normalized spacial score (nSPS) is 21.7. The highest BCUT2D eigenvalue weighted by Crippen LogP contribution is 2.35. The number of anilines is 1. The summed E-state index contributed by atoms with van der Waals surface area (Å²) in [5.74, 6) is -0.663. The van der Waals surface area contributed by atoms with E-state index >= 15 is 0 Å². The Morgan fingerprint density at radius 1 is 1.44 bits per heavy atom. The number of ether oxygens (including phenoxy) is 1. The van der Waals surface area contributed by atoms with Crippen LogP contribution in [-0.4, -0.2) is 26.7 Å². The fourth-order valence-corrected chi connectivity index (χ4v) is 3.65. The average molecular weight is 269 g/mol. The first kappa shape index (κ1) is 12.9. The quantitative estimate of drug-likeness (QED) is 0.882. The molecule has 6 heteroatoms. The molecule has 0 radical (unpaired) electrons. The lowest BCUT2D eigenvalue weighted by molar-refractivity contribution is -0.118. The van der Waals surface area contributed by atoms with Gasteiger partial charge >= 0.3 is 0 Å². The van der Waals surface area contributed by atoms with E-state index in [0.29, 0.717) is 12.4 Å². The molecular weight excluding hydrogens is 254 g/mol. The topological polar surface area (TPSA) is 72.5 Å². The molecule has 5 nitrogen and oxygen atoms in total. The second-order valence-electron chi connectivity index (χ2n) is 4.23. The number of carbonyl (C=O) groups is 1. The van der Waals surface area contributed by atoms with Gasteiger partial charge in [0.25, 0.3) is 0 Å². The maximum absolute atomic E-state index is 12.2. The maximum atomic E-state index is 12.2. The minimum absolute atomic E-state index is 0.131. The zero-order valence-electron chi connectivity index (χ0n) is 10.3. The van der Waals surface area contributed by atoms with E-state index in [1.807, 2.05) is 0 Å². The summed E-state index contributed by atoms with van der Waals surface area (Å²) >= 11 is 0. The molecule has 1 aromatic carbocycles. The van der Waals surface area contributed by atoms with Crippen molar-refractivity contribution in [1.82, 2.24) is 0 Å². The molecule has 0 aromatic heterocycles. The summed E-state index contributed by atoms with van der Waals surface area (Å²) < 4.78 is 29.7. The van der Waals surface area contributed by atoms with Crippen molar-refractivity contribution in [3.05, 3.63) is 18.2 Å². The number of rotatable bonds is 2. The fraction of sp³-hybridized carbons (Fsp3) is 0.417. The van der Waals surface area contributed by atoms with Gasteiger partial charge in [0.2, 0.25) is 5.91 Å². The monoisotopic (exact) mass is 269 g/mol. The SMILES string of the molecule is CCOc1cccc2c1NC(=O)C(C)CS2(=O)=O. The van der Waals surface area contributed by atoms with Crippen LogP contribution in [0.25, 0.3) is 0 Å². The van der Waals surface area contributed by atoms with Crippen LogP contribution in [0.2, 0.25) is 0 Å². The Balaban J connectivity index is 2.63. The van der Waals surface area contributed by atoms with Gasteiger partial charge < -0.3 is 10.1 Å². The summed E-state index contributed by atoms with van der Waals surface area (Å²) in [5, 5.41) is 2.64. The Kier molecular flexibility index (Phi) is 3.30. The van der Waals surface area contributed by atoms with Crippen molar-refractivity contribution in [2.45, 2.75) is 18.7 Å². The van der Waals surface area contributed by atoms with Crippen LogP contribution in [0.15, 0.2) is 23.1 Å². The molecule has 1 amide bonds. The van der Waals surface area contributed by atoms with Gasteiger partial charge in [0.1, 0.15) is 11.4 Å². The van der Waals surface area contributed by atoms with Crippen LogP contribution >= 0.6 is 0 Å². The fourth-order valence-electron chi connectivity index (χ4n) is 1.91. The number of carbonyl (C=O) groups excluding carboxylic acids is 1. The third kappa shape index (κ3) is 2.20. The van der Waals surface area contributed by atoms with E-state index in [1.165, 1.54) is 6.07 Å². The minimum Gasteiger partial charge on any atom is -0.492 e. The van der Waals surface area contributed by atoms with Gasteiger partial charge in [0.05, 0.1) is 17.3 Å². The van der Waals surface area contributed by atoms with Gasteiger partial charge in [-0.15, -0.1) is 0 Å². The Bertz CT molecular complexity index is 580. The van der Waals surface area contributed by atoms with E-state index in [9.17, 15) is 13.2 Å². The molecule has 0 saturated heterocycles. The molecule has 2 rings (SSSR count). The predicted octanol–water partition coefficient (Wildman–Crippen LogP) is 1.45. The Morgan fingerprint density at radius 3 is 2.83 bits per heavy atom. The van der Waals surface area contributed by atoms with Crippen molar-refractivity contribution < 1.29 is 17.9 Å². The highest BCUT2D eigenvalue weighted by atomic mass is 32.2. The van der Waals surface area contributed by atoms with Crippen LogP contribution in [0.5, 0.6) is 5.75 Å². The summed E-state index contributed by atoms with van der Waals surface area (Å²) in [6, 6.07) is 4.75. The molecular formula is C12H15NO4S. The molecule has 0 spiro atoms. The number of amides is 1. The van der Waals surface area contributed by atoms with Crippen LogP contribution in [0.1, 0.15) is 13.8 Å². The van der Waals surface area contributed by atoms with Crippen molar-refractivity contribution in [2.24, 2.45) is 5.92 Å². The molecule has 0 aliphatic carbocycles. The van der Waals surface area contributed by atoms with E-state index in [2.05, 4.69) is 5.32 Å². The van der Waals surface area contributed by atoms with Gasteiger partial charge in [0.15, 0.2) is 9.84 Å². The largest absolute Gasteiger partial charge is 0.492 e. The van der Waals surface area contributed by atoms with Gasteiger partial charge in [-0.25, -0.2) is 8.42 Å². The third-order valence-corrected chi connectivity index (χ3v) is 4.74. The van der Waals surface area contributed by atoms with Crippen molar-refractivity contribution in [1.29, 1.82) is 0 Å². The molecule has 0 bridgehead atoms. The van der Waals surface area contributed by atoms with Gasteiger partial charge in [-0.3, -0.25) is 4.79 Å². The maximum Gasteiger partial charge on any atom is 0.228 e. The van der Waals surface area contributed by atoms with Gasteiger partial charge in [-0.05, 0) is 19.1 Å². The standard InChI is InChI=1S/C12H15NO4S/c1-3-17-9-5-4-6-10-11(9)13-12(14)8(2)7-18(10,15)16/h4-6,8H,3,7H2,1-2H3,(H,13,14). The lowest BCUT2D eigenvalue weighted by Crippen LogP contribution is -2.22. The van der Waals surface area contributed by atoms with E-state index in [0.717, 1.165) is 0 Å². The first-order valence-corrected chi connectivity index (χ1v) is 7.40. The molecule has 1 aliphatic rings. The van der Waals surface area contributed by atoms with E-state index in [1.54, 1.807) is 26.0 Å². The van der Waals surface area contributed by atoms with Crippen molar-refractivity contribution in [2.75, 3.05) is 17.7 Å². The van der Waals surface area contributed by atoms with E-state index in [4.69, 9.17) is 4.74 Å². The predicted molar refractivity (Wildman–Crippen MR) is 67.5 cm³/mol. The van der Waals surface area contributed by atoms with Crippen LogP contribution in [0.3, 0.4) is 0 Å². The second kappa shape index (κ2) is 4.61. The van der Waals surface area contributed by atoms with Gasteiger partial charge in [-0.2, -0.15) is 0 Å². The first-order valence-electron chi connectivity index (χ1n) is 5.75. The molecule has 18 heavy (non-hydrogen) atoms. The number of benzene rings is 1. The molecule has 1 N–H and O–H groups in total.